The molecule has 1 fully saturated rings. The molecule has 0 N–H and O–H groups in total. The number of carbonyl (C=O) groups excluding carboxylic acids is 1. The number of nitrogens with zero attached hydrogens (tertiary/aromatic N) is 1. The van der Waals surface area contributed by atoms with Crippen molar-refractivity contribution >= 4 is 16.9 Å². The van der Waals surface area contributed by atoms with Gasteiger partial charge in [0.1, 0.15) is 17.9 Å². The van der Waals surface area contributed by atoms with E-state index in [1.54, 1.807) is 29.2 Å². The number of fused-ring (bicyclic) bond motifs is 2. The molecule has 3 aromatic carbocycles. The normalized spacial score (nSPS) is 19.3. The summed E-state index contributed by atoms with van der Waals surface area (Å²) in [7, 11) is 0. The quantitative estimate of drug-likeness (QED) is 0.395. The van der Waals surface area contributed by atoms with Crippen LogP contribution in [-0.4, -0.2) is 30.1 Å². The lowest BCUT2D eigenvalue weighted by atomic mass is 9.98. The predicted molar refractivity (Wildman–Crippen MR) is 132 cm³/mol. The Morgan fingerprint density at radius 2 is 1.69 bits per heavy atom. The Bertz CT molecular complexity index is 1420. The molecular formula is C29H25NO5. The Morgan fingerprint density at radius 3 is 2.46 bits per heavy atom. The third-order valence-corrected chi connectivity index (χ3v) is 6.74. The van der Waals surface area contributed by atoms with Gasteiger partial charge in [-0.3, -0.25) is 9.59 Å². The maximum atomic E-state index is 13.6. The predicted octanol–water partition coefficient (Wildman–Crippen LogP) is 5.10. The van der Waals surface area contributed by atoms with Gasteiger partial charge in [-0.15, -0.1) is 0 Å². The van der Waals surface area contributed by atoms with Gasteiger partial charge in [0.25, 0.3) is 5.91 Å². The second-order valence-corrected chi connectivity index (χ2v) is 9.01. The molecule has 0 aliphatic carbocycles. The van der Waals surface area contributed by atoms with E-state index in [9.17, 15) is 9.59 Å². The molecule has 35 heavy (non-hydrogen) atoms. The highest BCUT2D eigenvalue weighted by Crippen LogP contribution is 2.39. The highest BCUT2D eigenvalue weighted by Gasteiger charge is 2.43. The van der Waals surface area contributed by atoms with Gasteiger partial charge < -0.3 is 18.8 Å². The Labute approximate surface area is 202 Å². The molecule has 1 aromatic heterocycles. The van der Waals surface area contributed by atoms with Crippen LogP contribution in [0.1, 0.15) is 46.1 Å². The first-order chi connectivity index (χ1) is 17.2. The van der Waals surface area contributed by atoms with Crippen LogP contribution in [0.5, 0.6) is 5.75 Å². The fraction of sp³-hybridized carbons (Fsp3) is 0.241. The van der Waals surface area contributed by atoms with E-state index in [0.717, 1.165) is 29.7 Å². The minimum Gasteiger partial charge on any atom is -0.489 e. The van der Waals surface area contributed by atoms with Crippen LogP contribution in [0.25, 0.3) is 11.0 Å². The maximum absolute atomic E-state index is 13.6. The summed E-state index contributed by atoms with van der Waals surface area (Å²) in [5, 5.41) is 0.478. The van der Waals surface area contributed by atoms with Crippen molar-refractivity contribution in [3.8, 4) is 5.75 Å². The van der Waals surface area contributed by atoms with Crippen molar-refractivity contribution in [2.24, 2.45) is 0 Å². The molecule has 0 spiro atoms. The molecule has 2 aliphatic rings. The van der Waals surface area contributed by atoms with Crippen molar-refractivity contribution in [3.05, 3.63) is 112 Å². The lowest BCUT2D eigenvalue weighted by molar-refractivity contribution is 0.0486. The average molecular weight is 468 g/mol. The maximum Gasteiger partial charge on any atom is 0.291 e. The number of rotatable bonds is 6. The van der Waals surface area contributed by atoms with E-state index in [1.807, 2.05) is 54.6 Å². The van der Waals surface area contributed by atoms with E-state index in [0.29, 0.717) is 36.3 Å². The zero-order chi connectivity index (χ0) is 23.8. The van der Waals surface area contributed by atoms with Gasteiger partial charge in [0.15, 0.2) is 5.43 Å². The highest BCUT2D eigenvalue weighted by molar-refractivity contribution is 5.99. The Hall–Kier alpha value is -3.90. The van der Waals surface area contributed by atoms with Crippen LogP contribution in [0, 0.1) is 0 Å². The molecule has 6 nitrogen and oxygen atoms in total. The zero-order valence-corrected chi connectivity index (χ0v) is 19.2. The van der Waals surface area contributed by atoms with Gasteiger partial charge in [-0.05, 0) is 48.2 Å². The molecule has 0 radical (unpaired) electrons. The molecule has 2 atom stereocenters. The summed E-state index contributed by atoms with van der Waals surface area (Å²) in [6.07, 6.45) is 1.81. The van der Waals surface area contributed by atoms with Crippen molar-refractivity contribution in [3.63, 3.8) is 0 Å². The summed E-state index contributed by atoms with van der Waals surface area (Å²) in [6.45, 7) is 1.57. The molecule has 1 saturated heterocycles. The van der Waals surface area contributed by atoms with Gasteiger partial charge in [0.2, 0.25) is 5.76 Å². The molecule has 3 heterocycles. The summed E-state index contributed by atoms with van der Waals surface area (Å²) in [6, 6.07) is 24.1. The van der Waals surface area contributed by atoms with Gasteiger partial charge >= 0.3 is 0 Å². The third-order valence-electron chi connectivity index (χ3n) is 6.74. The number of benzene rings is 3. The standard InChI is InChI=1S/C29H25NO5/c31-27-23-10-4-5-11-24(23)35-28-25(27)26(30(29(28)32)17-22-9-6-16-33-22)20-12-14-21(15-13-20)34-18-19-7-2-1-3-8-19/h1-5,7-8,10-15,22,26H,6,9,16-18H2/t22-,26+/m1/s1. The summed E-state index contributed by atoms with van der Waals surface area (Å²) in [4.78, 5) is 28.8. The lowest BCUT2D eigenvalue weighted by Gasteiger charge is -2.27. The SMILES string of the molecule is O=C1c2oc3ccccc3c(=O)c2[C@H](c2ccc(OCc3ccccc3)cc2)N1C[C@H]1CCCO1. The van der Waals surface area contributed by atoms with E-state index >= 15 is 0 Å². The largest absolute Gasteiger partial charge is 0.489 e. The molecule has 4 aromatic rings. The first-order valence-electron chi connectivity index (χ1n) is 11.9. The Morgan fingerprint density at radius 1 is 0.914 bits per heavy atom. The summed E-state index contributed by atoms with van der Waals surface area (Å²) in [5.41, 5.74) is 2.57. The summed E-state index contributed by atoms with van der Waals surface area (Å²) >= 11 is 0. The second kappa shape index (κ2) is 9.04. The summed E-state index contributed by atoms with van der Waals surface area (Å²) < 4.78 is 17.8. The van der Waals surface area contributed by atoms with E-state index in [4.69, 9.17) is 13.9 Å². The first-order valence-corrected chi connectivity index (χ1v) is 11.9. The minimum absolute atomic E-state index is 0.0474. The average Bonchev–Trinajstić information content (AvgIpc) is 3.51. The van der Waals surface area contributed by atoms with E-state index in [2.05, 4.69) is 0 Å². The third kappa shape index (κ3) is 4.00. The van der Waals surface area contributed by atoms with Crippen molar-refractivity contribution < 1.29 is 18.7 Å². The molecule has 6 heteroatoms. The van der Waals surface area contributed by atoms with Crippen LogP contribution in [0.2, 0.25) is 0 Å². The smallest absolute Gasteiger partial charge is 0.291 e. The van der Waals surface area contributed by atoms with E-state index in [1.165, 1.54) is 0 Å². The number of ether oxygens (including phenoxy) is 2. The van der Waals surface area contributed by atoms with Crippen LogP contribution >= 0.6 is 0 Å². The molecule has 176 valence electrons. The number of hydrogen-bond donors (Lipinski definition) is 0. The van der Waals surface area contributed by atoms with Gasteiger partial charge in [0.05, 0.1) is 23.1 Å². The molecule has 1 amide bonds. The second-order valence-electron chi connectivity index (χ2n) is 9.01. The van der Waals surface area contributed by atoms with E-state index in [-0.39, 0.29) is 23.2 Å². The molecule has 0 unspecified atom stereocenters. The fourth-order valence-corrected chi connectivity index (χ4v) is 5.00. The van der Waals surface area contributed by atoms with Crippen LogP contribution < -0.4 is 10.2 Å². The molecule has 6 rings (SSSR count). The van der Waals surface area contributed by atoms with Crippen molar-refractivity contribution in [2.45, 2.75) is 31.6 Å². The number of amides is 1. The molecule has 2 aliphatic heterocycles. The fourth-order valence-electron chi connectivity index (χ4n) is 5.00. The van der Waals surface area contributed by atoms with Gasteiger partial charge in [-0.25, -0.2) is 0 Å². The summed E-state index contributed by atoms with van der Waals surface area (Å²) in [5.74, 6) is 0.576. The molecular weight excluding hydrogens is 442 g/mol. The van der Waals surface area contributed by atoms with Crippen molar-refractivity contribution in [1.29, 1.82) is 0 Å². The number of carbonyl (C=O) groups is 1. The van der Waals surface area contributed by atoms with Crippen LogP contribution in [0.3, 0.4) is 0 Å². The van der Waals surface area contributed by atoms with Crippen LogP contribution in [0.4, 0.5) is 0 Å². The van der Waals surface area contributed by atoms with Gasteiger partial charge in [-0.1, -0.05) is 54.6 Å². The molecule has 0 saturated carbocycles. The van der Waals surface area contributed by atoms with Crippen molar-refractivity contribution in [2.75, 3.05) is 13.2 Å². The van der Waals surface area contributed by atoms with Gasteiger partial charge in [-0.2, -0.15) is 0 Å². The van der Waals surface area contributed by atoms with Crippen LogP contribution in [-0.2, 0) is 11.3 Å². The Kier molecular flexibility index (Phi) is 5.58. The minimum atomic E-state index is -0.536. The lowest BCUT2D eigenvalue weighted by Crippen LogP contribution is -2.36. The van der Waals surface area contributed by atoms with Crippen molar-refractivity contribution in [1.82, 2.24) is 4.90 Å². The molecule has 0 bridgehead atoms. The first kappa shape index (κ1) is 21.6. The number of para-hydroxylation sites is 1. The number of hydrogen-bond acceptors (Lipinski definition) is 5. The van der Waals surface area contributed by atoms with Crippen LogP contribution in [0.15, 0.2) is 88.1 Å². The van der Waals surface area contributed by atoms with Gasteiger partial charge in [0, 0.05) is 13.2 Å². The zero-order valence-electron chi connectivity index (χ0n) is 19.2. The highest BCUT2D eigenvalue weighted by atomic mass is 16.5. The monoisotopic (exact) mass is 467 g/mol. The Balaban J connectivity index is 1.36. The topological polar surface area (TPSA) is 69.0 Å². The van der Waals surface area contributed by atoms with E-state index < -0.39 is 6.04 Å².